The van der Waals surface area contributed by atoms with E-state index >= 15 is 0 Å². The molecule has 80 valence electrons. The van der Waals surface area contributed by atoms with Crippen molar-refractivity contribution in [3.8, 4) is 0 Å². The van der Waals surface area contributed by atoms with Gasteiger partial charge < -0.3 is 16.4 Å². The van der Waals surface area contributed by atoms with Crippen molar-refractivity contribution in [1.82, 2.24) is 5.32 Å². The molecule has 0 aliphatic carbocycles. The largest absolute Gasteiger partial charge is 0.370 e. The highest BCUT2D eigenvalue weighted by Gasteiger charge is 2.02. The van der Waals surface area contributed by atoms with Gasteiger partial charge in [-0.2, -0.15) is 0 Å². The molecule has 0 spiro atoms. The summed E-state index contributed by atoms with van der Waals surface area (Å²) in [7, 11) is 0. The van der Waals surface area contributed by atoms with Crippen LogP contribution < -0.4 is 16.4 Å². The molecular formula is C9H11ClN4S. The number of nitrogens with two attached hydrogens (primary N) is 1. The Labute approximate surface area is 98.3 Å². The summed E-state index contributed by atoms with van der Waals surface area (Å²) in [6.07, 6.45) is 0. The molecule has 0 amide bonds. The summed E-state index contributed by atoms with van der Waals surface area (Å²) in [6, 6.07) is 5.54. The molecule has 5 N–H and O–H groups in total. The molecule has 1 rings (SSSR count). The van der Waals surface area contributed by atoms with E-state index in [0.29, 0.717) is 10.7 Å². The van der Waals surface area contributed by atoms with Gasteiger partial charge >= 0.3 is 0 Å². The topological polar surface area (TPSA) is 73.9 Å². The number of halogens is 1. The second kappa shape index (κ2) is 4.95. The van der Waals surface area contributed by atoms with Gasteiger partial charge in [-0.25, -0.2) is 0 Å². The van der Waals surface area contributed by atoms with Crippen LogP contribution in [0.5, 0.6) is 0 Å². The van der Waals surface area contributed by atoms with E-state index in [4.69, 9.17) is 35.0 Å². The number of rotatable bonds is 1. The molecule has 0 saturated heterocycles. The minimum Gasteiger partial charge on any atom is -0.370 e. The second-order valence-electron chi connectivity index (χ2n) is 2.98. The minimum absolute atomic E-state index is 0.212. The maximum atomic E-state index is 6.98. The molecule has 0 unspecified atom stereocenters. The van der Waals surface area contributed by atoms with Gasteiger partial charge in [-0.15, -0.1) is 0 Å². The normalized spacial score (nSPS) is 9.47. The highest BCUT2D eigenvalue weighted by Crippen LogP contribution is 2.22. The number of anilines is 1. The molecule has 1 aromatic carbocycles. The lowest BCUT2D eigenvalue weighted by Gasteiger charge is -2.10. The standard InChI is InChI=1S/C9H11ClN4S/c1-5-2-3-7(6(10)4-5)13-9(15)14-8(11)12/h2-4H,1H3,(H5,11,12,13,14,15). The van der Waals surface area contributed by atoms with Gasteiger partial charge in [-0.1, -0.05) is 17.7 Å². The molecule has 0 fully saturated rings. The number of hydrogen-bond donors (Lipinski definition) is 4. The van der Waals surface area contributed by atoms with Crippen LogP contribution in [-0.4, -0.2) is 11.1 Å². The van der Waals surface area contributed by atoms with Crippen molar-refractivity contribution in [1.29, 1.82) is 5.41 Å². The maximum absolute atomic E-state index is 6.98. The number of aryl methyl sites for hydroxylation is 1. The molecule has 0 aliphatic heterocycles. The molecule has 6 heteroatoms. The number of guanidine groups is 1. The third kappa shape index (κ3) is 3.73. The van der Waals surface area contributed by atoms with Gasteiger partial charge in [0.15, 0.2) is 11.1 Å². The molecule has 4 nitrogen and oxygen atoms in total. The fraction of sp³-hybridized carbons (Fsp3) is 0.111. The van der Waals surface area contributed by atoms with Crippen LogP contribution in [0.25, 0.3) is 0 Å². The van der Waals surface area contributed by atoms with Gasteiger partial charge in [0.05, 0.1) is 10.7 Å². The van der Waals surface area contributed by atoms with E-state index in [2.05, 4.69) is 10.6 Å². The van der Waals surface area contributed by atoms with Crippen LogP contribution in [0.15, 0.2) is 18.2 Å². The summed E-state index contributed by atoms with van der Waals surface area (Å²) in [4.78, 5) is 0. The summed E-state index contributed by atoms with van der Waals surface area (Å²) < 4.78 is 0. The van der Waals surface area contributed by atoms with Gasteiger partial charge in [0.25, 0.3) is 0 Å². The van der Waals surface area contributed by atoms with Crippen molar-refractivity contribution in [3.63, 3.8) is 0 Å². The first-order chi connectivity index (χ1) is 6.99. The monoisotopic (exact) mass is 242 g/mol. The Morgan fingerprint density at radius 2 is 2.20 bits per heavy atom. The van der Waals surface area contributed by atoms with Crippen LogP contribution in [0.1, 0.15) is 5.56 Å². The van der Waals surface area contributed by atoms with Crippen LogP contribution in [0, 0.1) is 12.3 Å². The zero-order valence-corrected chi connectivity index (χ0v) is 9.67. The summed E-state index contributed by atoms with van der Waals surface area (Å²) in [5, 5.41) is 13.1. The van der Waals surface area contributed by atoms with Gasteiger partial charge in [0.2, 0.25) is 0 Å². The van der Waals surface area contributed by atoms with Crippen molar-refractivity contribution in [2.24, 2.45) is 5.73 Å². The van der Waals surface area contributed by atoms with E-state index in [9.17, 15) is 0 Å². The van der Waals surface area contributed by atoms with Crippen LogP contribution in [-0.2, 0) is 0 Å². The summed E-state index contributed by atoms with van der Waals surface area (Å²) >= 11 is 10.9. The minimum atomic E-state index is -0.212. The third-order valence-corrected chi connectivity index (χ3v) is 2.14. The number of thiocarbonyl (C=S) groups is 1. The Hall–Kier alpha value is -1.33. The zero-order chi connectivity index (χ0) is 11.4. The van der Waals surface area contributed by atoms with E-state index in [1.165, 1.54) is 0 Å². The highest BCUT2D eigenvalue weighted by molar-refractivity contribution is 7.80. The van der Waals surface area contributed by atoms with Gasteiger partial charge in [-0.05, 0) is 36.8 Å². The average Bonchev–Trinajstić information content (AvgIpc) is 2.08. The van der Waals surface area contributed by atoms with Crippen molar-refractivity contribution >= 4 is 40.6 Å². The SMILES string of the molecule is Cc1ccc(NC(=S)NC(=N)N)c(Cl)c1. The van der Waals surface area contributed by atoms with Crippen LogP contribution >= 0.6 is 23.8 Å². The number of benzene rings is 1. The molecule has 0 saturated carbocycles. The quantitative estimate of drug-likeness (QED) is 0.344. The lowest BCUT2D eigenvalue weighted by atomic mass is 10.2. The second-order valence-corrected chi connectivity index (χ2v) is 3.79. The van der Waals surface area contributed by atoms with E-state index in [-0.39, 0.29) is 11.1 Å². The van der Waals surface area contributed by atoms with Crippen LogP contribution in [0.2, 0.25) is 5.02 Å². The highest BCUT2D eigenvalue weighted by atomic mass is 35.5. The lowest BCUT2D eigenvalue weighted by molar-refractivity contribution is 1.26. The summed E-state index contributed by atoms with van der Waals surface area (Å²) in [6.45, 7) is 1.95. The molecular weight excluding hydrogens is 232 g/mol. The van der Waals surface area contributed by atoms with E-state index in [1.807, 2.05) is 25.1 Å². The van der Waals surface area contributed by atoms with E-state index in [0.717, 1.165) is 5.56 Å². The third-order valence-electron chi connectivity index (χ3n) is 1.62. The molecule has 1 aromatic rings. The molecule has 0 radical (unpaired) electrons. The van der Waals surface area contributed by atoms with Gasteiger partial charge in [-0.3, -0.25) is 5.41 Å². The smallest absolute Gasteiger partial charge is 0.192 e. The van der Waals surface area contributed by atoms with Crippen molar-refractivity contribution in [2.45, 2.75) is 6.92 Å². The Morgan fingerprint density at radius 1 is 1.53 bits per heavy atom. The van der Waals surface area contributed by atoms with E-state index in [1.54, 1.807) is 0 Å². The van der Waals surface area contributed by atoms with E-state index < -0.39 is 0 Å². The fourth-order valence-corrected chi connectivity index (χ4v) is 1.50. The van der Waals surface area contributed by atoms with Crippen molar-refractivity contribution in [3.05, 3.63) is 28.8 Å². The Kier molecular flexibility index (Phi) is 3.88. The van der Waals surface area contributed by atoms with Gasteiger partial charge in [0.1, 0.15) is 0 Å². The average molecular weight is 243 g/mol. The number of hydrogen-bond acceptors (Lipinski definition) is 2. The predicted molar refractivity (Wildman–Crippen MR) is 67.5 cm³/mol. The fourth-order valence-electron chi connectivity index (χ4n) is 0.997. The Bertz CT molecular complexity index is 405. The first-order valence-corrected chi connectivity index (χ1v) is 4.96. The molecule has 0 aromatic heterocycles. The molecule has 0 heterocycles. The molecule has 15 heavy (non-hydrogen) atoms. The predicted octanol–water partition coefficient (Wildman–Crippen LogP) is 1.83. The lowest BCUT2D eigenvalue weighted by Crippen LogP contribution is -2.38. The Balaban J connectivity index is 2.72. The summed E-state index contributed by atoms with van der Waals surface area (Å²) in [5.74, 6) is -0.212. The molecule has 0 atom stereocenters. The van der Waals surface area contributed by atoms with Crippen molar-refractivity contribution in [2.75, 3.05) is 5.32 Å². The molecule has 0 bridgehead atoms. The van der Waals surface area contributed by atoms with Crippen LogP contribution in [0.4, 0.5) is 5.69 Å². The van der Waals surface area contributed by atoms with Gasteiger partial charge in [0, 0.05) is 0 Å². The first-order valence-electron chi connectivity index (χ1n) is 4.17. The maximum Gasteiger partial charge on any atom is 0.192 e. The van der Waals surface area contributed by atoms with Crippen molar-refractivity contribution < 1.29 is 0 Å². The summed E-state index contributed by atoms with van der Waals surface area (Å²) in [5.41, 5.74) is 6.87. The molecule has 0 aliphatic rings. The zero-order valence-electron chi connectivity index (χ0n) is 8.10. The Morgan fingerprint density at radius 3 is 2.73 bits per heavy atom. The first kappa shape index (κ1) is 11.7. The number of nitrogens with one attached hydrogen (secondary N) is 3. The van der Waals surface area contributed by atoms with Crippen LogP contribution in [0.3, 0.4) is 0 Å².